The van der Waals surface area contributed by atoms with Crippen molar-refractivity contribution in [1.29, 1.82) is 0 Å². The lowest BCUT2D eigenvalue weighted by Gasteiger charge is -2.41. The summed E-state index contributed by atoms with van der Waals surface area (Å²) in [6.45, 7) is 8.81. The molecule has 0 unspecified atom stereocenters. The van der Waals surface area contributed by atoms with Gasteiger partial charge in [0.05, 0.1) is 10.4 Å². The molecule has 1 aromatic carbocycles. The number of aromatic nitrogens is 2. The van der Waals surface area contributed by atoms with Crippen molar-refractivity contribution in [3.8, 4) is 0 Å². The minimum atomic E-state index is -3.26. The molecule has 3 rings (SSSR count). The number of piperidine rings is 1. The number of fused-ring (bicyclic) bond motifs is 1. The molecule has 2 heterocycles. The van der Waals surface area contributed by atoms with Gasteiger partial charge in [-0.3, -0.25) is 4.90 Å². The molecule has 0 spiro atoms. The number of sulfone groups is 1. The standard InChI is InChI=1S/C18H26N4O2S/c1-18(2,3)22-9-7-13(8-10-22)21-17-15-11-14(25(4,23)24)5-6-16(15)19-12-20-17/h5-6,11-13H,7-10H2,1-4H3,(H,19,20,21). The summed E-state index contributed by atoms with van der Waals surface area (Å²) in [4.78, 5) is 11.4. The van der Waals surface area contributed by atoms with Gasteiger partial charge in [-0.05, 0) is 51.8 Å². The molecule has 0 atom stereocenters. The van der Waals surface area contributed by atoms with E-state index >= 15 is 0 Å². The van der Waals surface area contributed by atoms with E-state index in [2.05, 4.69) is 41.0 Å². The molecule has 0 bridgehead atoms. The summed E-state index contributed by atoms with van der Waals surface area (Å²) in [5, 5.41) is 4.26. The van der Waals surface area contributed by atoms with Crippen LogP contribution in [0.3, 0.4) is 0 Å². The first kappa shape index (κ1) is 18.1. The van der Waals surface area contributed by atoms with E-state index in [1.165, 1.54) is 12.6 Å². The lowest BCUT2D eigenvalue weighted by atomic mass is 9.98. The normalized spacial score (nSPS) is 17.8. The van der Waals surface area contributed by atoms with E-state index in [4.69, 9.17) is 0 Å². The molecule has 1 N–H and O–H groups in total. The van der Waals surface area contributed by atoms with E-state index in [0.29, 0.717) is 16.8 Å². The second-order valence-electron chi connectivity index (χ2n) is 7.75. The minimum absolute atomic E-state index is 0.191. The van der Waals surface area contributed by atoms with Crippen LogP contribution in [-0.4, -0.2) is 54.2 Å². The van der Waals surface area contributed by atoms with Crippen LogP contribution in [0, 0.1) is 0 Å². The molecule has 0 aliphatic carbocycles. The van der Waals surface area contributed by atoms with Gasteiger partial charge in [0, 0.05) is 36.3 Å². The van der Waals surface area contributed by atoms with Crippen LogP contribution in [0.15, 0.2) is 29.4 Å². The molecule has 1 aromatic heterocycles. The van der Waals surface area contributed by atoms with Crippen LogP contribution in [0.1, 0.15) is 33.6 Å². The number of nitrogens with zero attached hydrogens (tertiary/aromatic N) is 3. The van der Waals surface area contributed by atoms with Crippen molar-refractivity contribution in [2.75, 3.05) is 24.7 Å². The molecule has 1 aliphatic rings. The summed E-state index contributed by atoms with van der Waals surface area (Å²) in [5.74, 6) is 0.713. The topological polar surface area (TPSA) is 75.2 Å². The summed E-state index contributed by atoms with van der Waals surface area (Å²) in [6, 6.07) is 5.33. The quantitative estimate of drug-likeness (QED) is 0.905. The van der Waals surface area contributed by atoms with E-state index < -0.39 is 9.84 Å². The van der Waals surface area contributed by atoms with Gasteiger partial charge >= 0.3 is 0 Å². The average molecular weight is 362 g/mol. The van der Waals surface area contributed by atoms with Crippen LogP contribution >= 0.6 is 0 Å². The Hall–Kier alpha value is -1.73. The molecular weight excluding hydrogens is 336 g/mol. The van der Waals surface area contributed by atoms with Gasteiger partial charge in [-0.25, -0.2) is 18.4 Å². The summed E-state index contributed by atoms with van der Waals surface area (Å²) in [7, 11) is -3.26. The zero-order valence-electron chi connectivity index (χ0n) is 15.3. The molecule has 1 aliphatic heterocycles. The molecule has 0 saturated carbocycles. The lowest BCUT2D eigenvalue weighted by Crippen LogP contribution is -2.48. The zero-order valence-corrected chi connectivity index (χ0v) is 16.1. The van der Waals surface area contributed by atoms with Crippen LogP contribution in [0.5, 0.6) is 0 Å². The van der Waals surface area contributed by atoms with Gasteiger partial charge in [0.25, 0.3) is 0 Å². The molecule has 0 amide bonds. The van der Waals surface area contributed by atoms with Crippen molar-refractivity contribution in [2.24, 2.45) is 0 Å². The van der Waals surface area contributed by atoms with Gasteiger partial charge < -0.3 is 5.32 Å². The number of hydrogen-bond donors (Lipinski definition) is 1. The van der Waals surface area contributed by atoms with Crippen LogP contribution in [0.2, 0.25) is 0 Å². The first-order valence-corrected chi connectivity index (χ1v) is 10.5. The Morgan fingerprint density at radius 3 is 2.44 bits per heavy atom. The number of rotatable bonds is 3. The molecule has 0 radical (unpaired) electrons. The van der Waals surface area contributed by atoms with Crippen molar-refractivity contribution in [2.45, 2.75) is 50.1 Å². The molecule has 7 heteroatoms. The van der Waals surface area contributed by atoms with Crippen LogP contribution in [0.4, 0.5) is 5.82 Å². The van der Waals surface area contributed by atoms with E-state index in [0.717, 1.165) is 36.8 Å². The second kappa shape index (κ2) is 6.53. The highest BCUT2D eigenvalue weighted by molar-refractivity contribution is 7.90. The van der Waals surface area contributed by atoms with Crippen LogP contribution in [0.25, 0.3) is 10.9 Å². The predicted molar refractivity (Wildman–Crippen MR) is 101 cm³/mol. The number of likely N-dealkylation sites (tertiary alicyclic amines) is 1. The fraction of sp³-hybridized carbons (Fsp3) is 0.556. The van der Waals surface area contributed by atoms with Crippen molar-refractivity contribution < 1.29 is 8.42 Å². The van der Waals surface area contributed by atoms with Crippen LogP contribution < -0.4 is 5.32 Å². The Labute approximate surface area is 149 Å². The molecule has 1 fully saturated rings. The molecule has 2 aromatic rings. The molecule has 25 heavy (non-hydrogen) atoms. The summed E-state index contributed by atoms with van der Waals surface area (Å²) in [6.07, 6.45) is 4.81. The third-order valence-electron chi connectivity index (χ3n) is 4.82. The smallest absolute Gasteiger partial charge is 0.175 e. The van der Waals surface area contributed by atoms with E-state index in [-0.39, 0.29) is 5.54 Å². The first-order valence-electron chi connectivity index (χ1n) is 8.61. The zero-order chi connectivity index (χ0) is 18.2. The summed E-state index contributed by atoms with van der Waals surface area (Å²) in [5.41, 5.74) is 0.939. The number of benzene rings is 1. The number of nitrogens with one attached hydrogen (secondary N) is 1. The second-order valence-corrected chi connectivity index (χ2v) is 9.77. The van der Waals surface area contributed by atoms with Crippen molar-refractivity contribution in [3.05, 3.63) is 24.5 Å². The Balaban J connectivity index is 1.82. The maximum absolute atomic E-state index is 11.8. The number of anilines is 1. The fourth-order valence-electron chi connectivity index (χ4n) is 3.27. The lowest BCUT2D eigenvalue weighted by molar-refractivity contribution is 0.106. The highest BCUT2D eigenvalue weighted by atomic mass is 32.2. The van der Waals surface area contributed by atoms with E-state index in [1.807, 2.05) is 0 Å². The van der Waals surface area contributed by atoms with Crippen molar-refractivity contribution in [1.82, 2.24) is 14.9 Å². The largest absolute Gasteiger partial charge is 0.367 e. The Morgan fingerprint density at radius 1 is 1.16 bits per heavy atom. The van der Waals surface area contributed by atoms with Crippen molar-refractivity contribution in [3.63, 3.8) is 0 Å². The highest BCUT2D eigenvalue weighted by Gasteiger charge is 2.27. The van der Waals surface area contributed by atoms with Crippen molar-refractivity contribution >= 4 is 26.6 Å². The number of hydrogen-bond acceptors (Lipinski definition) is 6. The van der Waals surface area contributed by atoms with E-state index in [9.17, 15) is 8.42 Å². The van der Waals surface area contributed by atoms with Gasteiger partial charge in [0.1, 0.15) is 12.1 Å². The average Bonchev–Trinajstić information content (AvgIpc) is 2.53. The van der Waals surface area contributed by atoms with Gasteiger partial charge in [-0.2, -0.15) is 0 Å². The minimum Gasteiger partial charge on any atom is -0.367 e. The Morgan fingerprint density at radius 2 is 1.84 bits per heavy atom. The SMILES string of the molecule is CC(C)(C)N1CCC(Nc2ncnc3ccc(S(C)(=O)=O)cc23)CC1. The molecular formula is C18H26N4O2S. The Bertz CT molecular complexity index is 866. The molecule has 136 valence electrons. The maximum Gasteiger partial charge on any atom is 0.175 e. The van der Waals surface area contributed by atoms with Crippen LogP contribution in [-0.2, 0) is 9.84 Å². The fourth-order valence-corrected chi connectivity index (χ4v) is 3.92. The maximum atomic E-state index is 11.8. The van der Waals surface area contributed by atoms with Gasteiger partial charge in [-0.1, -0.05) is 0 Å². The van der Waals surface area contributed by atoms with Gasteiger partial charge in [0.15, 0.2) is 9.84 Å². The summed E-state index contributed by atoms with van der Waals surface area (Å²) < 4.78 is 23.7. The first-order chi connectivity index (χ1) is 11.6. The third kappa shape index (κ3) is 4.10. The van der Waals surface area contributed by atoms with Gasteiger partial charge in [-0.15, -0.1) is 0 Å². The van der Waals surface area contributed by atoms with Gasteiger partial charge in [0.2, 0.25) is 0 Å². The third-order valence-corrected chi connectivity index (χ3v) is 5.93. The monoisotopic (exact) mass is 362 g/mol. The Kier molecular flexibility index (Phi) is 4.72. The molecule has 1 saturated heterocycles. The van der Waals surface area contributed by atoms with E-state index in [1.54, 1.807) is 18.2 Å². The predicted octanol–water partition coefficient (Wildman–Crippen LogP) is 2.71. The molecule has 6 nitrogen and oxygen atoms in total. The summed E-state index contributed by atoms with van der Waals surface area (Å²) >= 11 is 0. The highest BCUT2D eigenvalue weighted by Crippen LogP contribution is 2.26.